The second kappa shape index (κ2) is 7.26. The Bertz CT molecular complexity index is 735. The Hall–Kier alpha value is -2.35. The second-order valence-corrected chi connectivity index (χ2v) is 6.08. The number of halogens is 3. The van der Waals surface area contributed by atoms with Crippen LogP contribution in [0.1, 0.15) is 28.9 Å². The maximum atomic E-state index is 13.0. The van der Waals surface area contributed by atoms with E-state index >= 15 is 0 Å². The van der Waals surface area contributed by atoms with Gasteiger partial charge in [-0.15, -0.1) is 0 Å². The Kier molecular flexibility index (Phi) is 5.08. The highest BCUT2D eigenvalue weighted by atomic mass is 19.4. The summed E-state index contributed by atoms with van der Waals surface area (Å²) in [6.07, 6.45) is -1.43. The lowest BCUT2D eigenvalue weighted by Crippen LogP contribution is -2.26. The van der Waals surface area contributed by atoms with E-state index in [2.05, 4.69) is 15.7 Å². The lowest BCUT2D eigenvalue weighted by atomic mass is 10.1. The van der Waals surface area contributed by atoms with E-state index in [9.17, 15) is 18.0 Å². The predicted molar refractivity (Wildman–Crippen MR) is 86.5 cm³/mol. The molecule has 1 aliphatic rings. The number of benzene rings is 1. The van der Waals surface area contributed by atoms with Crippen molar-refractivity contribution in [1.29, 1.82) is 0 Å². The molecule has 25 heavy (non-hydrogen) atoms. The quantitative estimate of drug-likeness (QED) is 0.870. The smallest absolute Gasteiger partial charge is 0.352 e. The van der Waals surface area contributed by atoms with Gasteiger partial charge in [0.05, 0.1) is 11.9 Å². The minimum absolute atomic E-state index is 0.199. The number of amides is 1. The average molecular weight is 352 g/mol. The fourth-order valence-corrected chi connectivity index (χ4v) is 2.96. The summed E-state index contributed by atoms with van der Waals surface area (Å²) in [7, 11) is 0. The normalized spacial score (nSPS) is 17.6. The average Bonchev–Trinajstić information content (AvgIpc) is 3.26. The zero-order valence-electron chi connectivity index (χ0n) is 13.5. The fraction of sp³-hybridized carbons (Fsp3) is 0.412. The predicted octanol–water partition coefficient (Wildman–Crippen LogP) is 2.62. The molecule has 2 heterocycles. The van der Waals surface area contributed by atoms with Crippen LogP contribution in [-0.2, 0) is 6.18 Å². The monoisotopic (exact) mass is 352 g/mol. The molecule has 3 rings (SSSR count). The van der Waals surface area contributed by atoms with Gasteiger partial charge in [-0.3, -0.25) is 4.79 Å². The first kappa shape index (κ1) is 17.5. The van der Waals surface area contributed by atoms with Crippen LogP contribution < -0.4 is 10.6 Å². The molecule has 1 aromatic carbocycles. The Morgan fingerprint density at radius 3 is 2.92 bits per heavy atom. The van der Waals surface area contributed by atoms with Crippen LogP contribution in [0.4, 0.5) is 13.2 Å². The molecule has 0 saturated carbocycles. The maximum absolute atomic E-state index is 13.0. The Labute approximate surface area is 143 Å². The zero-order valence-corrected chi connectivity index (χ0v) is 13.5. The lowest BCUT2D eigenvalue weighted by molar-refractivity contribution is -0.142. The van der Waals surface area contributed by atoms with E-state index in [0.29, 0.717) is 18.0 Å². The standard InChI is InChI=1S/C17H19F3N4O/c18-17(19,20)15-6-9-23-24(15)14-3-1-2-13(10-14)16(25)22-8-5-12-4-7-21-11-12/h1-3,6,9-10,12,21H,4-5,7-8,11H2,(H,22,25). The Balaban J connectivity index is 1.69. The number of nitrogens with one attached hydrogen (secondary N) is 2. The largest absolute Gasteiger partial charge is 0.433 e. The van der Waals surface area contributed by atoms with Gasteiger partial charge in [0.25, 0.3) is 5.91 Å². The summed E-state index contributed by atoms with van der Waals surface area (Å²) in [5.41, 5.74) is -0.366. The summed E-state index contributed by atoms with van der Waals surface area (Å²) < 4.78 is 39.8. The van der Waals surface area contributed by atoms with Gasteiger partial charge in [-0.2, -0.15) is 18.3 Å². The lowest BCUT2D eigenvalue weighted by Gasteiger charge is -2.12. The number of rotatable bonds is 5. The molecule has 1 aliphatic heterocycles. The molecule has 0 radical (unpaired) electrons. The molecule has 0 aliphatic carbocycles. The van der Waals surface area contributed by atoms with Gasteiger partial charge >= 0.3 is 6.18 Å². The molecule has 2 aromatic rings. The van der Waals surface area contributed by atoms with Gasteiger partial charge in [-0.25, -0.2) is 4.68 Å². The van der Waals surface area contributed by atoms with Gasteiger partial charge in [-0.05, 0) is 56.1 Å². The summed E-state index contributed by atoms with van der Waals surface area (Å²) in [5, 5.41) is 9.82. The van der Waals surface area contributed by atoms with E-state index in [0.717, 1.165) is 42.9 Å². The third kappa shape index (κ3) is 4.19. The van der Waals surface area contributed by atoms with E-state index in [1.54, 1.807) is 12.1 Å². The Morgan fingerprint density at radius 2 is 2.20 bits per heavy atom. The van der Waals surface area contributed by atoms with Gasteiger partial charge in [0.2, 0.25) is 0 Å². The van der Waals surface area contributed by atoms with Crippen molar-refractivity contribution in [3.8, 4) is 5.69 Å². The molecular formula is C17H19F3N4O. The van der Waals surface area contributed by atoms with Crippen LogP contribution in [0.3, 0.4) is 0 Å². The molecule has 1 fully saturated rings. The molecule has 5 nitrogen and oxygen atoms in total. The van der Waals surface area contributed by atoms with E-state index in [1.807, 2.05) is 0 Å². The maximum Gasteiger partial charge on any atom is 0.433 e. The highest BCUT2D eigenvalue weighted by Gasteiger charge is 2.35. The van der Waals surface area contributed by atoms with Crippen molar-refractivity contribution in [2.75, 3.05) is 19.6 Å². The van der Waals surface area contributed by atoms with Crippen molar-refractivity contribution in [2.45, 2.75) is 19.0 Å². The van der Waals surface area contributed by atoms with Crippen LogP contribution >= 0.6 is 0 Å². The van der Waals surface area contributed by atoms with Gasteiger partial charge < -0.3 is 10.6 Å². The van der Waals surface area contributed by atoms with Gasteiger partial charge in [-0.1, -0.05) is 6.07 Å². The summed E-state index contributed by atoms with van der Waals surface area (Å²) >= 11 is 0. The molecule has 0 spiro atoms. The highest BCUT2D eigenvalue weighted by molar-refractivity contribution is 5.94. The summed E-state index contributed by atoms with van der Waals surface area (Å²) in [4.78, 5) is 12.2. The first-order valence-corrected chi connectivity index (χ1v) is 8.16. The van der Waals surface area contributed by atoms with Crippen molar-refractivity contribution in [3.63, 3.8) is 0 Å². The molecule has 1 unspecified atom stereocenters. The summed E-state index contributed by atoms with van der Waals surface area (Å²) in [6.45, 7) is 2.52. The molecule has 0 bridgehead atoms. The topological polar surface area (TPSA) is 59.0 Å². The minimum atomic E-state index is -4.51. The molecule has 1 amide bonds. The molecule has 1 atom stereocenters. The van der Waals surface area contributed by atoms with Gasteiger partial charge in [0, 0.05) is 12.1 Å². The van der Waals surface area contributed by atoms with Crippen molar-refractivity contribution in [1.82, 2.24) is 20.4 Å². The second-order valence-electron chi connectivity index (χ2n) is 6.08. The SMILES string of the molecule is O=C(NCCC1CCNC1)c1cccc(-n2nccc2C(F)(F)F)c1. The van der Waals surface area contributed by atoms with Crippen molar-refractivity contribution in [2.24, 2.45) is 5.92 Å². The number of hydrogen-bond donors (Lipinski definition) is 2. The van der Waals surface area contributed by atoms with Crippen molar-refractivity contribution < 1.29 is 18.0 Å². The number of alkyl halides is 3. The van der Waals surface area contributed by atoms with E-state index in [-0.39, 0.29) is 11.6 Å². The third-order valence-corrected chi connectivity index (χ3v) is 4.29. The number of nitrogens with zero attached hydrogens (tertiary/aromatic N) is 2. The van der Waals surface area contributed by atoms with E-state index < -0.39 is 11.9 Å². The molecule has 2 N–H and O–H groups in total. The zero-order chi connectivity index (χ0) is 17.9. The van der Waals surface area contributed by atoms with Crippen LogP contribution in [0.5, 0.6) is 0 Å². The molecule has 1 aromatic heterocycles. The molecule has 1 saturated heterocycles. The van der Waals surface area contributed by atoms with Crippen LogP contribution in [-0.4, -0.2) is 35.3 Å². The Morgan fingerprint density at radius 1 is 1.36 bits per heavy atom. The van der Waals surface area contributed by atoms with Gasteiger partial charge in [0.15, 0.2) is 0 Å². The molecule has 134 valence electrons. The van der Waals surface area contributed by atoms with Crippen LogP contribution in [0, 0.1) is 5.92 Å². The minimum Gasteiger partial charge on any atom is -0.352 e. The number of carbonyl (C=O) groups excluding carboxylic acids is 1. The first-order valence-electron chi connectivity index (χ1n) is 8.16. The molecular weight excluding hydrogens is 333 g/mol. The molecule has 8 heteroatoms. The first-order chi connectivity index (χ1) is 11.9. The van der Waals surface area contributed by atoms with Crippen LogP contribution in [0.15, 0.2) is 36.5 Å². The summed E-state index contributed by atoms with van der Waals surface area (Å²) in [5.74, 6) is 0.263. The van der Waals surface area contributed by atoms with Crippen molar-refractivity contribution >= 4 is 5.91 Å². The van der Waals surface area contributed by atoms with Crippen molar-refractivity contribution in [3.05, 3.63) is 47.8 Å². The number of carbonyl (C=O) groups is 1. The fourth-order valence-electron chi connectivity index (χ4n) is 2.96. The van der Waals surface area contributed by atoms with Gasteiger partial charge in [0.1, 0.15) is 5.69 Å². The van der Waals surface area contributed by atoms with Crippen LogP contribution in [0.2, 0.25) is 0 Å². The number of aromatic nitrogens is 2. The van der Waals surface area contributed by atoms with E-state index in [4.69, 9.17) is 0 Å². The highest BCUT2D eigenvalue weighted by Crippen LogP contribution is 2.30. The number of hydrogen-bond acceptors (Lipinski definition) is 3. The van der Waals surface area contributed by atoms with Crippen LogP contribution in [0.25, 0.3) is 5.69 Å². The summed E-state index contributed by atoms with van der Waals surface area (Å²) in [6, 6.07) is 6.93. The third-order valence-electron chi connectivity index (χ3n) is 4.29. The van der Waals surface area contributed by atoms with E-state index in [1.165, 1.54) is 12.1 Å².